The summed E-state index contributed by atoms with van der Waals surface area (Å²) in [6.45, 7) is 2.78. The predicted octanol–water partition coefficient (Wildman–Crippen LogP) is 3.68. The fraction of sp³-hybridized carbons (Fsp3) is 0.533. The van der Waals surface area contributed by atoms with Crippen molar-refractivity contribution < 1.29 is 4.79 Å². The van der Waals surface area contributed by atoms with Crippen LogP contribution in [0, 0.1) is 12.8 Å². The molecule has 1 fully saturated rings. The van der Waals surface area contributed by atoms with E-state index in [0.717, 1.165) is 17.7 Å². The van der Waals surface area contributed by atoms with Crippen molar-refractivity contribution in [2.24, 2.45) is 5.92 Å². The van der Waals surface area contributed by atoms with Gasteiger partial charge in [0.15, 0.2) is 0 Å². The maximum Gasteiger partial charge on any atom is 0.251 e. The van der Waals surface area contributed by atoms with Gasteiger partial charge in [-0.25, -0.2) is 0 Å². The highest BCUT2D eigenvalue weighted by atomic mass is 79.9. The summed E-state index contributed by atoms with van der Waals surface area (Å²) in [5.41, 5.74) is 1.83. The molecule has 0 heterocycles. The molecule has 0 radical (unpaired) electrons. The largest absolute Gasteiger partial charge is 0.352 e. The second-order valence-electron chi connectivity index (χ2n) is 5.15. The Kier molecular flexibility index (Phi) is 4.81. The number of carbonyl (C=O) groups is 1. The first-order valence-corrected chi connectivity index (χ1v) is 7.56. The maximum absolute atomic E-state index is 12.1. The zero-order valence-corrected chi connectivity index (χ0v) is 12.4. The number of benzene rings is 1. The Bertz CT molecular complexity index is 419. The number of amides is 1. The first-order chi connectivity index (χ1) is 8.66. The summed E-state index contributed by atoms with van der Waals surface area (Å²) >= 11 is 3.68. The van der Waals surface area contributed by atoms with Gasteiger partial charge in [-0.15, -0.1) is 0 Å². The summed E-state index contributed by atoms with van der Waals surface area (Å²) in [5.74, 6) is 0.681. The molecule has 1 N–H and O–H groups in total. The van der Waals surface area contributed by atoms with Crippen molar-refractivity contribution in [3.8, 4) is 0 Å². The van der Waals surface area contributed by atoms with E-state index in [4.69, 9.17) is 0 Å². The zero-order valence-electron chi connectivity index (χ0n) is 10.8. The van der Waals surface area contributed by atoms with Gasteiger partial charge in [-0.3, -0.25) is 4.79 Å². The Morgan fingerprint density at radius 1 is 1.39 bits per heavy atom. The summed E-state index contributed by atoms with van der Waals surface area (Å²) < 4.78 is 0. The molecular weight excluding hydrogens is 290 g/mol. The molecule has 0 aliphatic heterocycles. The van der Waals surface area contributed by atoms with Gasteiger partial charge in [0, 0.05) is 16.9 Å². The van der Waals surface area contributed by atoms with Gasteiger partial charge in [0.1, 0.15) is 0 Å². The van der Waals surface area contributed by atoms with Crippen LogP contribution >= 0.6 is 15.9 Å². The number of halogens is 1. The molecule has 2 nitrogen and oxygen atoms in total. The summed E-state index contributed by atoms with van der Waals surface area (Å²) in [4.78, 5) is 12.7. The van der Waals surface area contributed by atoms with Gasteiger partial charge >= 0.3 is 0 Å². The minimum Gasteiger partial charge on any atom is -0.352 e. The first kappa shape index (κ1) is 13.6. The van der Waals surface area contributed by atoms with E-state index in [9.17, 15) is 4.79 Å². The standard InChI is InChI=1S/C15H20BrNO/c1-11-5-2-3-8-14(11)15(18)17-10-12-6-4-7-13(16)9-12/h2-3,5,8,12-13H,4,6-7,9-10H2,1H3,(H,17,18). The molecule has 1 amide bonds. The van der Waals surface area contributed by atoms with Gasteiger partial charge in [0.05, 0.1) is 0 Å². The SMILES string of the molecule is Cc1ccccc1C(=O)NCC1CCCC(Br)C1. The van der Waals surface area contributed by atoms with Crippen LogP contribution in [0.2, 0.25) is 0 Å². The van der Waals surface area contributed by atoms with Crippen molar-refractivity contribution >= 4 is 21.8 Å². The minimum absolute atomic E-state index is 0.0600. The molecular formula is C15H20BrNO. The van der Waals surface area contributed by atoms with Gasteiger partial charge in [-0.05, 0) is 43.7 Å². The monoisotopic (exact) mass is 309 g/mol. The number of rotatable bonds is 3. The number of aryl methyl sites for hydroxylation is 1. The second kappa shape index (κ2) is 6.37. The number of alkyl halides is 1. The molecule has 1 aliphatic carbocycles. The van der Waals surface area contributed by atoms with Crippen LogP contribution in [0.3, 0.4) is 0 Å². The predicted molar refractivity (Wildman–Crippen MR) is 78.2 cm³/mol. The van der Waals surface area contributed by atoms with Crippen molar-refractivity contribution in [3.05, 3.63) is 35.4 Å². The number of carbonyl (C=O) groups excluding carboxylic acids is 1. The smallest absolute Gasteiger partial charge is 0.251 e. The van der Waals surface area contributed by atoms with Crippen molar-refractivity contribution in [2.75, 3.05) is 6.54 Å². The fourth-order valence-electron chi connectivity index (χ4n) is 2.57. The number of hydrogen-bond donors (Lipinski definition) is 1. The lowest BCUT2D eigenvalue weighted by Gasteiger charge is -2.25. The van der Waals surface area contributed by atoms with E-state index in [2.05, 4.69) is 21.2 Å². The Balaban J connectivity index is 1.87. The maximum atomic E-state index is 12.1. The molecule has 2 atom stereocenters. The molecule has 3 heteroatoms. The third-order valence-corrected chi connectivity index (χ3v) is 4.49. The summed E-state index contributed by atoms with van der Waals surface area (Å²) in [5, 5.41) is 3.07. The molecule has 0 spiro atoms. The van der Waals surface area contributed by atoms with E-state index < -0.39 is 0 Å². The lowest BCUT2D eigenvalue weighted by atomic mass is 9.89. The molecule has 98 valence electrons. The topological polar surface area (TPSA) is 29.1 Å². The van der Waals surface area contributed by atoms with Crippen LogP contribution < -0.4 is 5.32 Å². The van der Waals surface area contributed by atoms with E-state index >= 15 is 0 Å². The number of nitrogens with one attached hydrogen (secondary N) is 1. The van der Waals surface area contributed by atoms with Gasteiger partial charge in [0.25, 0.3) is 5.91 Å². The van der Waals surface area contributed by atoms with Gasteiger partial charge < -0.3 is 5.32 Å². The fourth-order valence-corrected chi connectivity index (χ4v) is 3.42. The highest BCUT2D eigenvalue weighted by molar-refractivity contribution is 9.09. The Hall–Kier alpha value is -0.830. The van der Waals surface area contributed by atoms with Crippen LogP contribution in [-0.4, -0.2) is 17.3 Å². The molecule has 1 aliphatic rings. The van der Waals surface area contributed by atoms with Crippen molar-refractivity contribution in [1.82, 2.24) is 5.32 Å². The molecule has 2 rings (SSSR count). The molecule has 1 aromatic carbocycles. The average Bonchev–Trinajstić information content (AvgIpc) is 2.37. The number of hydrogen-bond acceptors (Lipinski definition) is 1. The van der Waals surface area contributed by atoms with Crippen LogP contribution in [0.5, 0.6) is 0 Å². The third kappa shape index (κ3) is 3.58. The van der Waals surface area contributed by atoms with Gasteiger partial charge in [-0.2, -0.15) is 0 Å². The van der Waals surface area contributed by atoms with E-state index in [1.807, 2.05) is 31.2 Å². The van der Waals surface area contributed by atoms with E-state index in [1.165, 1.54) is 25.7 Å². The van der Waals surface area contributed by atoms with Crippen LogP contribution in [0.15, 0.2) is 24.3 Å². The summed E-state index contributed by atoms with van der Waals surface area (Å²) in [7, 11) is 0. The molecule has 1 saturated carbocycles. The summed E-state index contributed by atoms with van der Waals surface area (Å²) in [6, 6.07) is 7.74. The summed E-state index contributed by atoms with van der Waals surface area (Å²) in [6.07, 6.45) is 4.94. The van der Waals surface area contributed by atoms with E-state index in [-0.39, 0.29) is 5.91 Å². The highest BCUT2D eigenvalue weighted by Crippen LogP contribution is 2.28. The average molecular weight is 310 g/mol. The van der Waals surface area contributed by atoms with Crippen molar-refractivity contribution in [3.63, 3.8) is 0 Å². The minimum atomic E-state index is 0.0600. The van der Waals surface area contributed by atoms with Crippen LogP contribution in [0.25, 0.3) is 0 Å². The lowest BCUT2D eigenvalue weighted by Crippen LogP contribution is -2.32. The van der Waals surface area contributed by atoms with Crippen LogP contribution in [0.4, 0.5) is 0 Å². The molecule has 18 heavy (non-hydrogen) atoms. The Morgan fingerprint density at radius 2 is 2.17 bits per heavy atom. The second-order valence-corrected chi connectivity index (χ2v) is 6.45. The van der Waals surface area contributed by atoms with Crippen LogP contribution in [0.1, 0.15) is 41.6 Å². The third-order valence-electron chi connectivity index (χ3n) is 3.66. The van der Waals surface area contributed by atoms with Crippen molar-refractivity contribution in [2.45, 2.75) is 37.4 Å². The molecule has 0 bridgehead atoms. The zero-order chi connectivity index (χ0) is 13.0. The normalized spacial score (nSPS) is 23.7. The van der Waals surface area contributed by atoms with Gasteiger partial charge in [0.2, 0.25) is 0 Å². The molecule has 2 unspecified atom stereocenters. The van der Waals surface area contributed by atoms with Crippen molar-refractivity contribution in [1.29, 1.82) is 0 Å². The van der Waals surface area contributed by atoms with Gasteiger partial charge in [-0.1, -0.05) is 40.5 Å². The van der Waals surface area contributed by atoms with E-state index in [1.54, 1.807) is 0 Å². The highest BCUT2D eigenvalue weighted by Gasteiger charge is 2.20. The first-order valence-electron chi connectivity index (χ1n) is 6.64. The van der Waals surface area contributed by atoms with E-state index in [0.29, 0.717) is 10.7 Å². The lowest BCUT2D eigenvalue weighted by molar-refractivity contribution is 0.0943. The Labute approximate surface area is 117 Å². The molecule has 0 aromatic heterocycles. The molecule has 1 aromatic rings. The Morgan fingerprint density at radius 3 is 2.89 bits per heavy atom. The quantitative estimate of drug-likeness (QED) is 0.848. The molecule has 0 saturated heterocycles. The van der Waals surface area contributed by atoms with Crippen LogP contribution in [-0.2, 0) is 0 Å².